The van der Waals surface area contributed by atoms with Crippen LogP contribution < -0.4 is 14.5 Å². The zero-order chi connectivity index (χ0) is 38.8. The third kappa shape index (κ3) is 7.13. The van der Waals surface area contributed by atoms with Crippen LogP contribution in [0.1, 0.15) is 103 Å². The maximum atomic E-state index is 6.59. The quantitative estimate of drug-likeness (QED) is 0.149. The molecule has 7 heteroatoms. The number of rotatable bonds is 7. The first kappa shape index (κ1) is 39.3. The van der Waals surface area contributed by atoms with Gasteiger partial charge in [-0.25, -0.2) is 4.98 Å². The summed E-state index contributed by atoms with van der Waals surface area (Å²) in [6.45, 7) is 24.9. The van der Waals surface area contributed by atoms with E-state index in [9.17, 15) is 0 Å². The van der Waals surface area contributed by atoms with Crippen molar-refractivity contribution in [3.05, 3.63) is 145 Å². The van der Waals surface area contributed by atoms with Crippen LogP contribution in [0.2, 0.25) is 0 Å². The molecule has 0 unspecified atom stereocenters. The molecule has 1 aliphatic heterocycles. The number of hydrogen-bond donors (Lipinski definition) is 0. The van der Waals surface area contributed by atoms with Gasteiger partial charge in [-0.1, -0.05) is 105 Å². The van der Waals surface area contributed by atoms with Gasteiger partial charge in [0.2, 0.25) is 0 Å². The number of anilines is 4. The number of benzene rings is 4. The van der Waals surface area contributed by atoms with E-state index in [0.29, 0.717) is 23.3 Å². The Balaban J connectivity index is 0.00000480. The molecule has 7 aromatic rings. The number of nitrogens with zero attached hydrogens (tertiary/aromatic N) is 5. The van der Waals surface area contributed by atoms with E-state index in [1.54, 1.807) is 0 Å². The standard InChI is InChI=1S/C49H50N5O.Pt/c1-31(2)40-24-34(49(8,9)10)25-41(32(3)4)47(40)53-30-52(43-21-22-50-29-45(43)53)35-14-13-15-36(27-35)55-37-18-19-39-38-16-11-12-17-42(38)54(44(39)28-37)46-26-33(20-23-51-46)48(5,6)7;/h11-26,29-32H,1-10H3;/q-3;. The van der Waals surface area contributed by atoms with Gasteiger partial charge in [-0.2, -0.15) is 12.1 Å². The summed E-state index contributed by atoms with van der Waals surface area (Å²) in [5, 5.41) is 2.24. The van der Waals surface area contributed by atoms with E-state index in [1.807, 2.05) is 36.8 Å². The predicted molar refractivity (Wildman–Crippen MR) is 228 cm³/mol. The molecular formula is C49H50N5OPt-3. The van der Waals surface area contributed by atoms with Crippen molar-refractivity contribution in [2.45, 2.75) is 91.9 Å². The molecule has 6 nitrogen and oxygen atoms in total. The van der Waals surface area contributed by atoms with E-state index in [2.05, 4.69) is 174 Å². The van der Waals surface area contributed by atoms with Gasteiger partial charge in [0.05, 0.1) is 11.9 Å². The Hall–Kier alpha value is -4.93. The minimum Gasteiger partial charge on any atom is -0.509 e. The van der Waals surface area contributed by atoms with Crippen molar-refractivity contribution in [1.29, 1.82) is 0 Å². The normalized spacial score (nSPS) is 13.2. The number of aromatic nitrogens is 3. The van der Waals surface area contributed by atoms with Crippen LogP contribution in [-0.2, 0) is 31.9 Å². The van der Waals surface area contributed by atoms with Crippen molar-refractivity contribution in [2.75, 3.05) is 9.80 Å². The van der Waals surface area contributed by atoms with E-state index in [0.717, 1.165) is 44.7 Å². The van der Waals surface area contributed by atoms with Crippen molar-refractivity contribution >= 4 is 44.6 Å². The minimum atomic E-state index is -0.0135. The van der Waals surface area contributed by atoms with Crippen LogP contribution in [0, 0.1) is 18.8 Å². The summed E-state index contributed by atoms with van der Waals surface area (Å²) in [4.78, 5) is 13.9. The van der Waals surface area contributed by atoms with E-state index in [4.69, 9.17) is 9.72 Å². The summed E-state index contributed by atoms with van der Waals surface area (Å²) in [6.07, 6.45) is 5.72. The Bertz CT molecular complexity index is 2530. The molecule has 1 aliphatic rings. The third-order valence-electron chi connectivity index (χ3n) is 10.7. The molecule has 0 N–H and O–H groups in total. The fourth-order valence-corrected chi connectivity index (χ4v) is 7.58. The Kier molecular flexibility index (Phi) is 10.4. The molecule has 4 aromatic carbocycles. The molecule has 0 aliphatic carbocycles. The number of ether oxygens (including phenoxy) is 1. The number of fused-ring (bicyclic) bond motifs is 4. The van der Waals surface area contributed by atoms with Gasteiger partial charge in [0.25, 0.3) is 0 Å². The largest absolute Gasteiger partial charge is 0.509 e. The first-order valence-corrected chi connectivity index (χ1v) is 19.4. The fourth-order valence-electron chi connectivity index (χ4n) is 7.58. The predicted octanol–water partition coefficient (Wildman–Crippen LogP) is 13.2. The van der Waals surface area contributed by atoms with Gasteiger partial charge in [0, 0.05) is 61.8 Å². The topological polar surface area (TPSA) is 46.4 Å². The first-order chi connectivity index (χ1) is 26.2. The average Bonchev–Trinajstić information content (AvgIpc) is 3.69. The maximum Gasteiger partial charge on any atom is 0.135 e. The van der Waals surface area contributed by atoms with Crippen molar-refractivity contribution in [1.82, 2.24) is 14.5 Å². The van der Waals surface area contributed by atoms with Crippen LogP contribution in [0.25, 0.3) is 27.6 Å². The molecule has 0 saturated heterocycles. The molecule has 0 radical (unpaired) electrons. The second-order valence-electron chi connectivity index (χ2n) is 17.4. The smallest absolute Gasteiger partial charge is 0.135 e. The van der Waals surface area contributed by atoms with E-state index in [-0.39, 0.29) is 31.9 Å². The zero-order valence-corrected chi connectivity index (χ0v) is 36.3. The SMILES string of the molecule is CC(C)c1cc(C(C)(C)C)cc(C(C)C)c1N1[CH-]N(c2[c-]c(Oc3[c-]c4c(cc3)c3ccccc3n4-c3cc(C(C)(C)C)ccn3)ccc2)c2ccncc21.[Pt]. The fraction of sp³-hybridized carbons (Fsp3) is 0.286. The molecule has 4 heterocycles. The second-order valence-corrected chi connectivity index (χ2v) is 17.4. The van der Waals surface area contributed by atoms with Crippen LogP contribution in [-0.4, -0.2) is 14.5 Å². The van der Waals surface area contributed by atoms with Crippen molar-refractivity contribution in [3.8, 4) is 17.3 Å². The molecule has 0 amide bonds. The van der Waals surface area contributed by atoms with Crippen molar-refractivity contribution in [2.24, 2.45) is 0 Å². The first-order valence-electron chi connectivity index (χ1n) is 19.4. The van der Waals surface area contributed by atoms with Crippen molar-refractivity contribution in [3.63, 3.8) is 0 Å². The summed E-state index contributed by atoms with van der Waals surface area (Å²) >= 11 is 0. The van der Waals surface area contributed by atoms with E-state index >= 15 is 0 Å². The maximum absolute atomic E-state index is 6.59. The van der Waals surface area contributed by atoms with Crippen LogP contribution in [0.3, 0.4) is 0 Å². The Labute approximate surface area is 346 Å². The average molecular weight is 920 g/mol. The molecule has 56 heavy (non-hydrogen) atoms. The molecule has 0 saturated carbocycles. The van der Waals surface area contributed by atoms with Gasteiger partial charge in [-0.3, -0.25) is 4.98 Å². The second kappa shape index (κ2) is 14.9. The van der Waals surface area contributed by atoms with Crippen LogP contribution >= 0.6 is 0 Å². The summed E-state index contributed by atoms with van der Waals surface area (Å²) in [5.74, 6) is 2.72. The van der Waals surface area contributed by atoms with E-state index in [1.165, 1.54) is 27.9 Å². The van der Waals surface area contributed by atoms with Gasteiger partial charge >= 0.3 is 0 Å². The molecule has 0 spiro atoms. The van der Waals surface area contributed by atoms with Gasteiger partial charge < -0.3 is 19.1 Å². The number of hydrogen-bond acceptors (Lipinski definition) is 5. The minimum absolute atomic E-state index is 0. The molecule has 0 atom stereocenters. The molecule has 290 valence electrons. The van der Waals surface area contributed by atoms with Crippen molar-refractivity contribution < 1.29 is 25.8 Å². The molecule has 0 bridgehead atoms. The van der Waals surface area contributed by atoms with Crippen LogP contribution in [0.5, 0.6) is 11.5 Å². The van der Waals surface area contributed by atoms with Crippen LogP contribution in [0.15, 0.2) is 104 Å². The molecule has 3 aromatic heterocycles. The Morgan fingerprint density at radius 3 is 2.05 bits per heavy atom. The monoisotopic (exact) mass is 919 g/mol. The van der Waals surface area contributed by atoms with Gasteiger partial charge in [-0.15, -0.1) is 48.1 Å². The summed E-state index contributed by atoms with van der Waals surface area (Å²) < 4.78 is 8.78. The molecular weight excluding hydrogens is 870 g/mol. The number of para-hydroxylation sites is 1. The summed E-state index contributed by atoms with van der Waals surface area (Å²) in [5.41, 5.74) is 11.4. The zero-order valence-electron chi connectivity index (χ0n) is 34.0. The van der Waals surface area contributed by atoms with Crippen LogP contribution in [0.4, 0.5) is 22.7 Å². The van der Waals surface area contributed by atoms with E-state index < -0.39 is 0 Å². The Morgan fingerprint density at radius 2 is 1.36 bits per heavy atom. The Morgan fingerprint density at radius 1 is 0.661 bits per heavy atom. The summed E-state index contributed by atoms with van der Waals surface area (Å²) in [7, 11) is 0. The third-order valence-corrected chi connectivity index (χ3v) is 10.7. The summed E-state index contributed by atoms with van der Waals surface area (Å²) in [6, 6.07) is 37.0. The molecule has 8 rings (SSSR count). The number of pyridine rings is 2. The van der Waals surface area contributed by atoms with Gasteiger partial charge in [-0.05, 0) is 74.6 Å². The van der Waals surface area contributed by atoms with Gasteiger partial charge in [0.15, 0.2) is 0 Å². The van der Waals surface area contributed by atoms with Gasteiger partial charge in [0.1, 0.15) is 5.82 Å². The molecule has 0 fully saturated rings.